The van der Waals surface area contributed by atoms with Gasteiger partial charge >= 0.3 is 6.03 Å². The molecule has 1 aromatic rings. The third-order valence-corrected chi connectivity index (χ3v) is 4.83. The highest BCUT2D eigenvalue weighted by Gasteiger charge is 2.21. The molecule has 1 heterocycles. The molecular weight excluding hydrogens is 344 g/mol. The Morgan fingerprint density at radius 2 is 2.04 bits per heavy atom. The number of ether oxygens (including phenoxy) is 1. The van der Waals surface area contributed by atoms with Gasteiger partial charge in [0.15, 0.2) is 6.61 Å². The van der Waals surface area contributed by atoms with Crippen LogP contribution in [0.3, 0.4) is 0 Å². The van der Waals surface area contributed by atoms with Gasteiger partial charge in [-0.25, -0.2) is 4.79 Å². The second-order valence-corrected chi connectivity index (χ2v) is 7.66. The van der Waals surface area contributed by atoms with Crippen LogP contribution in [0, 0.1) is 12.8 Å². The first-order chi connectivity index (χ1) is 12.8. The first-order valence-electron chi connectivity index (χ1n) is 9.40. The minimum Gasteiger partial charge on any atom is -0.482 e. The molecule has 1 saturated heterocycles. The van der Waals surface area contributed by atoms with Gasteiger partial charge in [0.1, 0.15) is 5.75 Å². The lowest BCUT2D eigenvalue weighted by atomic mass is 9.98. The number of amides is 3. The number of aryl methyl sites for hydroxylation is 1. The van der Waals surface area contributed by atoms with Crippen molar-refractivity contribution in [2.45, 2.75) is 19.8 Å². The van der Waals surface area contributed by atoms with E-state index in [1.54, 1.807) is 19.0 Å². The van der Waals surface area contributed by atoms with E-state index in [0.717, 1.165) is 31.6 Å². The summed E-state index contributed by atoms with van der Waals surface area (Å²) in [5.41, 5.74) is 1.57. The highest BCUT2D eigenvalue weighted by molar-refractivity contribution is 5.91. The van der Waals surface area contributed by atoms with Gasteiger partial charge in [-0.05, 0) is 57.0 Å². The Hall–Kier alpha value is -2.28. The third-order valence-electron chi connectivity index (χ3n) is 4.83. The van der Waals surface area contributed by atoms with Crippen molar-refractivity contribution in [3.05, 3.63) is 23.8 Å². The van der Waals surface area contributed by atoms with Crippen molar-refractivity contribution >= 4 is 17.6 Å². The van der Waals surface area contributed by atoms with Crippen molar-refractivity contribution in [3.8, 4) is 5.75 Å². The van der Waals surface area contributed by atoms with E-state index in [1.165, 1.54) is 11.3 Å². The third kappa shape index (κ3) is 6.43. The lowest BCUT2D eigenvalue weighted by Gasteiger charge is -2.32. The molecule has 7 heteroatoms. The summed E-state index contributed by atoms with van der Waals surface area (Å²) in [4.78, 5) is 29.9. The van der Waals surface area contributed by atoms with Gasteiger partial charge in [0, 0.05) is 34.2 Å². The summed E-state index contributed by atoms with van der Waals surface area (Å²) in [6.45, 7) is 4.74. The van der Waals surface area contributed by atoms with Crippen molar-refractivity contribution < 1.29 is 14.3 Å². The molecule has 1 aliphatic rings. The maximum absolute atomic E-state index is 12.6. The van der Waals surface area contributed by atoms with E-state index >= 15 is 0 Å². The molecule has 1 atom stereocenters. The van der Waals surface area contributed by atoms with Gasteiger partial charge in [-0.2, -0.15) is 0 Å². The van der Waals surface area contributed by atoms with Crippen LogP contribution in [-0.4, -0.2) is 81.1 Å². The number of carbonyl (C=O) groups excluding carboxylic acids is 2. The molecule has 2 rings (SSSR count). The zero-order valence-corrected chi connectivity index (χ0v) is 17.1. The fraction of sp³-hybridized carbons (Fsp3) is 0.600. The Bertz CT molecular complexity index is 663. The van der Waals surface area contributed by atoms with E-state index in [1.807, 2.05) is 32.2 Å². The SMILES string of the molecule is Cc1ccc(NC(=O)N(C)CC2CCCN(C)C2)c(OCC(=O)N(C)C)c1. The van der Waals surface area contributed by atoms with E-state index in [4.69, 9.17) is 4.74 Å². The Labute approximate surface area is 162 Å². The highest BCUT2D eigenvalue weighted by atomic mass is 16.5. The smallest absolute Gasteiger partial charge is 0.321 e. The van der Waals surface area contributed by atoms with Crippen LogP contribution < -0.4 is 10.1 Å². The molecule has 7 nitrogen and oxygen atoms in total. The standard InChI is InChI=1S/C20H32N4O3/c1-15-8-9-17(18(11-15)27-14-19(25)22(2)3)21-20(26)24(5)13-16-7-6-10-23(4)12-16/h8-9,11,16H,6-7,10,12-14H2,1-5H3,(H,21,26). The monoisotopic (exact) mass is 376 g/mol. The van der Waals surface area contributed by atoms with Crippen LogP contribution in [-0.2, 0) is 4.79 Å². The van der Waals surface area contributed by atoms with Crippen molar-refractivity contribution in [1.82, 2.24) is 14.7 Å². The molecule has 0 bridgehead atoms. The topological polar surface area (TPSA) is 65.1 Å². The van der Waals surface area contributed by atoms with Crippen molar-refractivity contribution in [1.29, 1.82) is 0 Å². The largest absolute Gasteiger partial charge is 0.482 e. The minimum absolute atomic E-state index is 0.0659. The number of hydrogen-bond acceptors (Lipinski definition) is 4. The quantitative estimate of drug-likeness (QED) is 0.827. The van der Waals surface area contributed by atoms with Crippen LogP contribution in [0.1, 0.15) is 18.4 Å². The number of nitrogens with one attached hydrogen (secondary N) is 1. The fourth-order valence-electron chi connectivity index (χ4n) is 3.22. The molecule has 27 heavy (non-hydrogen) atoms. The number of benzene rings is 1. The zero-order chi connectivity index (χ0) is 20.0. The maximum atomic E-state index is 12.6. The first-order valence-corrected chi connectivity index (χ1v) is 9.40. The second kappa shape index (κ2) is 9.60. The molecule has 0 aromatic heterocycles. The number of piperidine rings is 1. The molecule has 0 saturated carbocycles. The number of rotatable bonds is 6. The normalized spacial score (nSPS) is 17.3. The molecule has 1 aromatic carbocycles. The van der Waals surface area contributed by atoms with Gasteiger partial charge in [-0.3, -0.25) is 4.79 Å². The zero-order valence-electron chi connectivity index (χ0n) is 17.1. The van der Waals surface area contributed by atoms with Gasteiger partial charge < -0.3 is 24.8 Å². The number of nitrogens with zero attached hydrogens (tertiary/aromatic N) is 3. The van der Waals surface area contributed by atoms with Gasteiger partial charge in [0.05, 0.1) is 5.69 Å². The van der Waals surface area contributed by atoms with Crippen LogP contribution >= 0.6 is 0 Å². The number of anilines is 1. The van der Waals surface area contributed by atoms with E-state index in [0.29, 0.717) is 17.4 Å². The summed E-state index contributed by atoms with van der Waals surface area (Å²) in [5, 5.41) is 2.91. The highest BCUT2D eigenvalue weighted by Crippen LogP contribution is 2.26. The van der Waals surface area contributed by atoms with Gasteiger partial charge in [-0.1, -0.05) is 6.07 Å². The molecule has 0 aliphatic carbocycles. The van der Waals surface area contributed by atoms with Gasteiger partial charge in [0.25, 0.3) is 5.91 Å². The number of carbonyl (C=O) groups is 2. The number of hydrogen-bond donors (Lipinski definition) is 1. The van der Waals surface area contributed by atoms with Crippen molar-refractivity contribution in [2.75, 3.05) is 59.7 Å². The van der Waals surface area contributed by atoms with E-state index < -0.39 is 0 Å². The number of likely N-dealkylation sites (N-methyl/N-ethyl adjacent to an activating group) is 1. The van der Waals surface area contributed by atoms with E-state index in [9.17, 15) is 9.59 Å². The van der Waals surface area contributed by atoms with Crippen LogP contribution in [0.5, 0.6) is 5.75 Å². The average Bonchev–Trinajstić information content (AvgIpc) is 2.61. The lowest BCUT2D eigenvalue weighted by molar-refractivity contribution is -0.130. The van der Waals surface area contributed by atoms with Crippen LogP contribution in [0.4, 0.5) is 10.5 Å². The minimum atomic E-state index is -0.170. The predicted octanol–water partition coefficient (Wildman–Crippen LogP) is 2.27. The summed E-state index contributed by atoms with van der Waals surface area (Å²) >= 11 is 0. The van der Waals surface area contributed by atoms with Crippen LogP contribution in [0.2, 0.25) is 0 Å². The van der Waals surface area contributed by atoms with Crippen molar-refractivity contribution in [2.24, 2.45) is 5.92 Å². The molecule has 1 unspecified atom stereocenters. The van der Waals surface area contributed by atoms with E-state index in [2.05, 4.69) is 17.3 Å². The maximum Gasteiger partial charge on any atom is 0.321 e. The molecule has 0 radical (unpaired) electrons. The molecule has 1 fully saturated rings. The van der Waals surface area contributed by atoms with Crippen LogP contribution in [0.15, 0.2) is 18.2 Å². The molecule has 0 spiro atoms. The van der Waals surface area contributed by atoms with E-state index in [-0.39, 0.29) is 18.5 Å². The Balaban J connectivity index is 1.98. The molecular formula is C20H32N4O3. The Morgan fingerprint density at radius 3 is 2.70 bits per heavy atom. The predicted molar refractivity (Wildman–Crippen MR) is 107 cm³/mol. The molecule has 1 N–H and O–H groups in total. The summed E-state index contributed by atoms with van der Waals surface area (Å²) in [6.07, 6.45) is 2.32. The van der Waals surface area contributed by atoms with Gasteiger partial charge in [-0.15, -0.1) is 0 Å². The molecule has 150 valence electrons. The molecule has 3 amide bonds. The Morgan fingerprint density at radius 1 is 1.30 bits per heavy atom. The van der Waals surface area contributed by atoms with Crippen LogP contribution in [0.25, 0.3) is 0 Å². The lowest BCUT2D eigenvalue weighted by Crippen LogP contribution is -2.41. The molecule has 1 aliphatic heterocycles. The number of urea groups is 1. The Kier molecular flexibility index (Phi) is 7.47. The van der Waals surface area contributed by atoms with Gasteiger partial charge in [0.2, 0.25) is 0 Å². The summed E-state index contributed by atoms with van der Waals surface area (Å²) < 4.78 is 5.65. The second-order valence-electron chi connectivity index (χ2n) is 7.66. The summed E-state index contributed by atoms with van der Waals surface area (Å²) in [7, 11) is 7.30. The summed E-state index contributed by atoms with van der Waals surface area (Å²) in [6, 6.07) is 5.38. The fourth-order valence-corrected chi connectivity index (χ4v) is 3.22. The average molecular weight is 377 g/mol. The number of likely N-dealkylation sites (tertiary alicyclic amines) is 1. The summed E-state index contributed by atoms with van der Waals surface area (Å²) in [5.74, 6) is 0.864. The first kappa shape index (κ1) is 21.0. The van der Waals surface area contributed by atoms with Crippen molar-refractivity contribution in [3.63, 3.8) is 0 Å².